The molecule has 1 aliphatic rings. The van der Waals surface area contributed by atoms with Gasteiger partial charge in [-0.3, -0.25) is 19.4 Å². The number of ether oxygens (including phenoxy) is 1. The van der Waals surface area contributed by atoms with Crippen molar-refractivity contribution in [1.29, 1.82) is 0 Å². The Hall–Kier alpha value is -2.41. The predicted octanol–water partition coefficient (Wildman–Crippen LogP) is 1.28. The predicted molar refractivity (Wildman–Crippen MR) is 83.6 cm³/mol. The highest BCUT2D eigenvalue weighted by atomic mass is 16.5. The molecule has 0 bridgehead atoms. The van der Waals surface area contributed by atoms with Gasteiger partial charge in [-0.2, -0.15) is 0 Å². The molecule has 1 aromatic carbocycles. The van der Waals surface area contributed by atoms with Gasteiger partial charge in [0.1, 0.15) is 5.75 Å². The summed E-state index contributed by atoms with van der Waals surface area (Å²) in [6.45, 7) is 4.01. The van der Waals surface area contributed by atoms with Crippen LogP contribution in [0.3, 0.4) is 0 Å². The van der Waals surface area contributed by atoms with Crippen molar-refractivity contribution in [2.24, 2.45) is 0 Å². The molecule has 0 unspecified atom stereocenters. The van der Waals surface area contributed by atoms with Crippen LogP contribution in [0.1, 0.15) is 19.4 Å². The third-order valence-corrected chi connectivity index (χ3v) is 3.59. The largest absolute Gasteiger partial charge is 0.497 e. The summed E-state index contributed by atoms with van der Waals surface area (Å²) >= 11 is 0. The fraction of sp³-hybridized carbons (Fsp3) is 0.438. The van der Waals surface area contributed by atoms with Crippen molar-refractivity contribution in [3.63, 3.8) is 0 Å². The number of hydrogen-bond acceptors (Lipinski definition) is 5. The average Bonchev–Trinajstić information content (AvgIpc) is 2.71. The van der Waals surface area contributed by atoms with E-state index in [1.165, 1.54) is 0 Å². The Morgan fingerprint density at radius 2 is 1.70 bits per heavy atom. The molecule has 2 rings (SSSR count). The standard InChI is InChI=1S/C16H21N3O4/c1-11(2)19-15(21)14(20)18(16(19)22)10-17(3)9-12-5-7-13(23-4)8-6-12/h5-8,11H,9-10H2,1-4H3. The fourth-order valence-electron chi connectivity index (χ4n) is 2.44. The lowest BCUT2D eigenvalue weighted by Gasteiger charge is -2.23. The molecular weight excluding hydrogens is 298 g/mol. The number of rotatable bonds is 6. The Kier molecular flexibility index (Phi) is 5.00. The monoisotopic (exact) mass is 319 g/mol. The molecule has 0 atom stereocenters. The van der Waals surface area contributed by atoms with E-state index in [0.29, 0.717) is 6.54 Å². The minimum Gasteiger partial charge on any atom is -0.497 e. The van der Waals surface area contributed by atoms with Gasteiger partial charge < -0.3 is 4.74 Å². The zero-order valence-corrected chi connectivity index (χ0v) is 13.8. The lowest BCUT2D eigenvalue weighted by atomic mass is 10.2. The number of methoxy groups -OCH3 is 1. The third-order valence-electron chi connectivity index (χ3n) is 3.59. The van der Waals surface area contributed by atoms with Gasteiger partial charge in [0.05, 0.1) is 13.8 Å². The van der Waals surface area contributed by atoms with Gasteiger partial charge >= 0.3 is 17.8 Å². The van der Waals surface area contributed by atoms with Crippen molar-refractivity contribution in [3.8, 4) is 5.75 Å². The van der Waals surface area contributed by atoms with Crippen molar-refractivity contribution < 1.29 is 19.1 Å². The maximum atomic E-state index is 12.2. The van der Waals surface area contributed by atoms with Gasteiger partial charge in [-0.1, -0.05) is 12.1 Å². The topological polar surface area (TPSA) is 70.2 Å². The zero-order chi connectivity index (χ0) is 17.1. The summed E-state index contributed by atoms with van der Waals surface area (Å²) in [6, 6.07) is 6.62. The number of urea groups is 1. The summed E-state index contributed by atoms with van der Waals surface area (Å²) in [6.07, 6.45) is 0. The van der Waals surface area contributed by atoms with Crippen LogP contribution in [0.25, 0.3) is 0 Å². The normalized spacial score (nSPS) is 15.3. The maximum absolute atomic E-state index is 12.2. The SMILES string of the molecule is COc1ccc(CN(C)CN2C(=O)C(=O)N(C(C)C)C2=O)cc1. The molecule has 4 amide bonds. The minimum absolute atomic E-state index is 0.0681. The molecule has 0 N–H and O–H groups in total. The Bertz CT molecular complexity index is 612. The molecule has 1 fully saturated rings. The molecular formula is C16H21N3O4. The van der Waals surface area contributed by atoms with Crippen molar-refractivity contribution in [1.82, 2.24) is 14.7 Å². The molecule has 0 spiro atoms. The van der Waals surface area contributed by atoms with E-state index in [9.17, 15) is 14.4 Å². The minimum atomic E-state index is -0.773. The zero-order valence-electron chi connectivity index (χ0n) is 13.8. The summed E-state index contributed by atoms with van der Waals surface area (Å²) in [7, 11) is 3.39. The fourth-order valence-corrected chi connectivity index (χ4v) is 2.44. The Morgan fingerprint density at radius 1 is 1.09 bits per heavy atom. The molecule has 1 heterocycles. The number of nitrogens with zero attached hydrogens (tertiary/aromatic N) is 3. The van der Waals surface area contributed by atoms with Crippen LogP contribution in [0.5, 0.6) is 5.75 Å². The van der Waals surface area contributed by atoms with E-state index in [1.807, 2.05) is 24.3 Å². The quantitative estimate of drug-likeness (QED) is 0.583. The van der Waals surface area contributed by atoms with Crippen LogP contribution in [-0.2, 0) is 16.1 Å². The second-order valence-corrected chi connectivity index (χ2v) is 5.79. The summed E-state index contributed by atoms with van der Waals surface area (Å²) in [5.41, 5.74) is 1.01. The van der Waals surface area contributed by atoms with E-state index in [2.05, 4.69) is 0 Å². The lowest BCUT2D eigenvalue weighted by Crippen LogP contribution is -2.41. The Balaban J connectivity index is 2.01. The molecule has 1 saturated heterocycles. The highest BCUT2D eigenvalue weighted by molar-refractivity contribution is 6.44. The Labute approximate surface area is 135 Å². The lowest BCUT2D eigenvalue weighted by molar-refractivity contribution is -0.144. The summed E-state index contributed by atoms with van der Waals surface area (Å²) < 4.78 is 5.10. The van der Waals surface area contributed by atoms with Gasteiger partial charge in [0.2, 0.25) is 0 Å². The van der Waals surface area contributed by atoms with Crippen molar-refractivity contribution >= 4 is 17.8 Å². The van der Waals surface area contributed by atoms with Crippen LogP contribution in [0.15, 0.2) is 24.3 Å². The van der Waals surface area contributed by atoms with E-state index in [1.54, 1.807) is 32.9 Å². The van der Waals surface area contributed by atoms with E-state index in [-0.39, 0.29) is 12.7 Å². The van der Waals surface area contributed by atoms with Crippen molar-refractivity contribution in [3.05, 3.63) is 29.8 Å². The first kappa shape index (κ1) is 17.0. The molecule has 0 aliphatic carbocycles. The molecule has 0 radical (unpaired) electrons. The highest BCUT2D eigenvalue weighted by Crippen LogP contribution is 2.17. The van der Waals surface area contributed by atoms with Gasteiger partial charge in [-0.25, -0.2) is 9.69 Å². The van der Waals surface area contributed by atoms with Crippen LogP contribution in [-0.4, -0.2) is 59.4 Å². The smallest absolute Gasteiger partial charge is 0.335 e. The second kappa shape index (κ2) is 6.78. The number of imide groups is 2. The number of benzene rings is 1. The van der Waals surface area contributed by atoms with E-state index in [0.717, 1.165) is 21.1 Å². The molecule has 1 aliphatic heterocycles. The van der Waals surface area contributed by atoms with Gasteiger partial charge in [-0.15, -0.1) is 0 Å². The molecule has 0 aromatic heterocycles. The van der Waals surface area contributed by atoms with E-state index < -0.39 is 17.8 Å². The third kappa shape index (κ3) is 3.50. The van der Waals surface area contributed by atoms with Crippen LogP contribution < -0.4 is 4.74 Å². The summed E-state index contributed by atoms with van der Waals surface area (Å²) in [4.78, 5) is 39.8. The highest BCUT2D eigenvalue weighted by Gasteiger charge is 2.45. The van der Waals surface area contributed by atoms with Gasteiger partial charge in [0, 0.05) is 12.6 Å². The van der Waals surface area contributed by atoms with Gasteiger partial charge in [0.25, 0.3) is 0 Å². The number of carbonyl (C=O) groups is 3. The molecule has 7 nitrogen and oxygen atoms in total. The number of carbonyl (C=O) groups excluding carboxylic acids is 3. The first-order chi connectivity index (χ1) is 10.8. The molecule has 124 valence electrons. The van der Waals surface area contributed by atoms with Crippen molar-refractivity contribution in [2.75, 3.05) is 20.8 Å². The summed E-state index contributed by atoms with van der Waals surface area (Å²) in [5.74, 6) is -0.771. The van der Waals surface area contributed by atoms with Crippen LogP contribution >= 0.6 is 0 Å². The van der Waals surface area contributed by atoms with E-state index >= 15 is 0 Å². The first-order valence-electron chi connectivity index (χ1n) is 7.35. The maximum Gasteiger partial charge on any atom is 0.335 e. The Morgan fingerprint density at radius 3 is 2.17 bits per heavy atom. The van der Waals surface area contributed by atoms with Gasteiger partial charge in [-0.05, 0) is 38.6 Å². The molecule has 1 aromatic rings. The average molecular weight is 319 g/mol. The van der Waals surface area contributed by atoms with Gasteiger partial charge in [0.15, 0.2) is 0 Å². The van der Waals surface area contributed by atoms with Crippen molar-refractivity contribution in [2.45, 2.75) is 26.4 Å². The molecule has 7 heteroatoms. The first-order valence-corrected chi connectivity index (χ1v) is 7.35. The van der Waals surface area contributed by atoms with Crippen LogP contribution in [0.4, 0.5) is 4.79 Å². The molecule has 23 heavy (non-hydrogen) atoms. The molecule has 0 saturated carbocycles. The number of hydrogen-bond donors (Lipinski definition) is 0. The number of amides is 4. The van der Waals surface area contributed by atoms with Crippen LogP contribution in [0.2, 0.25) is 0 Å². The van der Waals surface area contributed by atoms with E-state index in [4.69, 9.17) is 4.74 Å². The second-order valence-electron chi connectivity index (χ2n) is 5.79. The summed E-state index contributed by atoms with van der Waals surface area (Å²) in [5, 5.41) is 0. The van der Waals surface area contributed by atoms with Crippen LogP contribution in [0, 0.1) is 0 Å².